The quantitative estimate of drug-likeness (QED) is 0.309. The van der Waals surface area contributed by atoms with Crippen molar-refractivity contribution >= 4 is 11.8 Å². The maximum absolute atomic E-state index is 12.5. The average molecular weight is 374 g/mol. The van der Waals surface area contributed by atoms with E-state index < -0.39 is 17.9 Å². The number of carbonyl (C=O) groups is 2. The number of hydrogen-bond acceptors (Lipinski definition) is 4. The third-order valence-corrected chi connectivity index (χ3v) is 3.98. The first-order valence-corrected chi connectivity index (χ1v) is 8.55. The smallest absolute Gasteiger partial charge is 0.266 e. The molecule has 2 aromatic carbocycles. The zero-order valence-electron chi connectivity index (χ0n) is 14.8. The van der Waals surface area contributed by atoms with Gasteiger partial charge < -0.3 is 10.3 Å². The predicted octanol–water partition coefficient (Wildman–Crippen LogP) is 1.66. The van der Waals surface area contributed by atoms with Crippen molar-refractivity contribution in [1.82, 2.24) is 20.8 Å². The first-order chi connectivity index (χ1) is 13.7. The minimum Gasteiger partial charge on any atom is -0.348 e. The van der Waals surface area contributed by atoms with Crippen LogP contribution in [0.2, 0.25) is 0 Å². The van der Waals surface area contributed by atoms with Crippen molar-refractivity contribution in [2.75, 3.05) is 0 Å². The number of rotatable bonds is 5. The molecule has 0 spiro atoms. The fourth-order valence-corrected chi connectivity index (χ4v) is 2.52. The SMILES string of the molecule is O=C(N[C@@H](Cc1cnc[nH]1)C(=O)NO)c1ccc(C#Cc2ccccc2)cc1. The van der Waals surface area contributed by atoms with Gasteiger partial charge in [-0.05, 0) is 36.4 Å². The number of nitrogens with zero attached hydrogens (tertiary/aromatic N) is 1. The summed E-state index contributed by atoms with van der Waals surface area (Å²) < 4.78 is 0. The molecule has 0 aliphatic rings. The van der Waals surface area contributed by atoms with E-state index >= 15 is 0 Å². The summed E-state index contributed by atoms with van der Waals surface area (Å²) in [6, 6.07) is 15.4. The van der Waals surface area contributed by atoms with Crippen LogP contribution in [-0.2, 0) is 11.2 Å². The lowest BCUT2D eigenvalue weighted by molar-refractivity contribution is -0.131. The summed E-state index contributed by atoms with van der Waals surface area (Å²) in [6.07, 6.45) is 3.18. The molecular formula is C21H18N4O3. The van der Waals surface area contributed by atoms with Crippen LogP contribution in [0.5, 0.6) is 0 Å². The number of nitrogens with one attached hydrogen (secondary N) is 3. The lowest BCUT2D eigenvalue weighted by Crippen LogP contribution is -2.47. The van der Waals surface area contributed by atoms with E-state index in [-0.39, 0.29) is 6.42 Å². The van der Waals surface area contributed by atoms with Crippen molar-refractivity contribution in [3.05, 3.63) is 89.5 Å². The van der Waals surface area contributed by atoms with Gasteiger partial charge in [0.25, 0.3) is 11.8 Å². The second-order valence-electron chi connectivity index (χ2n) is 5.98. The van der Waals surface area contributed by atoms with E-state index in [1.807, 2.05) is 30.3 Å². The van der Waals surface area contributed by atoms with E-state index in [9.17, 15) is 9.59 Å². The first kappa shape index (κ1) is 18.9. The molecule has 0 saturated carbocycles. The van der Waals surface area contributed by atoms with E-state index in [1.54, 1.807) is 35.9 Å². The number of hydrogen-bond donors (Lipinski definition) is 4. The monoisotopic (exact) mass is 374 g/mol. The Labute approximate surface area is 161 Å². The Morgan fingerprint density at radius 2 is 1.71 bits per heavy atom. The zero-order chi connectivity index (χ0) is 19.8. The molecule has 2 amide bonds. The lowest BCUT2D eigenvalue weighted by Gasteiger charge is -2.16. The minimum atomic E-state index is -0.949. The van der Waals surface area contributed by atoms with Crippen LogP contribution in [0.3, 0.4) is 0 Å². The summed E-state index contributed by atoms with van der Waals surface area (Å²) in [6.45, 7) is 0. The maximum Gasteiger partial charge on any atom is 0.266 e. The molecule has 7 nitrogen and oxygen atoms in total. The highest BCUT2D eigenvalue weighted by Gasteiger charge is 2.22. The molecule has 1 atom stereocenters. The highest BCUT2D eigenvalue weighted by Crippen LogP contribution is 2.06. The first-order valence-electron chi connectivity index (χ1n) is 8.55. The summed E-state index contributed by atoms with van der Waals surface area (Å²) in [4.78, 5) is 31.0. The van der Waals surface area contributed by atoms with Gasteiger partial charge in [-0.2, -0.15) is 0 Å². The summed E-state index contributed by atoms with van der Waals surface area (Å²) in [7, 11) is 0. The number of hydroxylamine groups is 1. The van der Waals surface area contributed by atoms with Crippen LogP contribution in [-0.4, -0.2) is 33.0 Å². The Morgan fingerprint density at radius 1 is 1.04 bits per heavy atom. The molecule has 0 radical (unpaired) electrons. The summed E-state index contributed by atoms with van der Waals surface area (Å²) in [5.41, 5.74) is 4.27. The standard InChI is InChI=1S/C21H18N4O3/c26-20(24-19(21(27)25-28)12-18-13-22-14-23-18)17-10-8-16(9-11-17)7-6-15-4-2-1-3-5-15/h1-5,8-11,13-14,19,28H,12H2,(H,22,23)(H,24,26)(H,25,27)/t19-/m0/s1. The van der Waals surface area contributed by atoms with Crippen LogP contribution >= 0.6 is 0 Å². The van der Waals surface area contributed by atoms with Crippen molar-refractivity contribution in [1.29, 1.82) is 0 Å². The molecule has 1 heterocycles. The second-order valence-corrected chi connectivity index (χ2v) is 5.98. The molecule has 7 heteroatoms. The number of carbonyl (C=O) groups excluding carboxylic acids is 2. The van der Waals surface area contributed by atoms with Crippen LogP contribution in [0.1, 0.15) is 27.2 Å². The summed E-state index contributed by atoms with van der Waals surface area (Å²) in [5.74, 6) is 4.93. The van der Waals surface area contributed by atoms with Crippen LogP contribution in [0.4, 0.5) is 0 Å². The van der Waals surface area contributed by atoms with E-state index in [0.717, 1.165) is 11.1 Å². The van der Waals surface area contributed by atoms with Gasteiger partial charge in [-0.25, -0.2) is 10.5 Å². The number of aromatic amines is 1. The topological polar surface area (TPSA) is 107 Å². The van der Waals surface area contributed by atoms with E-state index in [1.165, 1.54) is 6.33 Å². The lowest BCUT2D eigenvalue weighted by atomic mass is 10.1. The number of amides is 2. The molecule has 4 N–H and O–H groups in total. The molecule has 3 aromatic rings. The van der Waals surface area contributed by atoms with E-state index in [0.29, 0.717) is 11.3 Å². The fourth-order valence-electron chi connectivity index (χ4n) is 2.52. The van der Waals surface area contributed by atoms with Crippen LogP contribution < -0.4 is 10.8 Å². The summed E-state index contributed by atoms with van der Waals surface area (Å²) in [5, 5.41) is 11.5. The molecule has 3 rings (SSSR count). The van der Waals surface area contributed by atoms with Gasteiger partial charge >= 0.3 is 0 Å². The van der Waals surface area contributed by atoms with Gasteiger partial charge in [-0.1, -0.05) is 30.0 Å². The van der Waals surface area contributed by atoms with Gasteiger partial charge in [0.15, 0.2) is 0 Å². The number of aromatic nitrogens is 2. The van der Waals surface area contributed by atoms with Gasteiger partial charge in [-0.3, -0.25) is 14.8 Å². The van der Waals surface area contributed by atoms with Gasteiger partial charge in [0, 0.05) is 35.0 Å². The highest BCUT2D eigenvalue weighted by atomic mass is 16.5. The molecule has 0 bridgehead atoms. The Balaban J connectivity index is 1.67. The van der Waals surface area contributed by atoms with E-state index in [4.69, 9.17) is 5.21 Å². The molecule has 28 heavy (non-hydrogen) atoms. The molecule has 1 aromatic heterocycles. The predicted molar refractivity (Wildman–Crippen MR) is 102 cm³/mol. The Hall–Kier alpha value is -3.89. The van der Waals surface area contributed by atoms with Crippen molar-refractivity contribution in [2.45, 2.75) is 12.5 Å². The van der Waals surface area contributed by atoms with Crippen molar-refractivity contribution in [3.8, 4) is 11.8 Å². The van der Waals surface area contributed by atoms with E-state index in [2.05, 4.69) is 27.1 Å². The average Bonchev–Trinajstić information content (AvgIpc) is 3.25. The summed E-state index contributed by atoms with van der Waals surface area (Å²) >= 11 is 0. The van der Waals surface area contributed by atoms with Crippen molar-refractivity contribution in [2.24, 2.45) is 0 Å². The molecule has 0 saturated heterocycles. The van der Waals surface area contributed by atoms with Gasteiger partial charge in [0.05, 0.1) is 6.33 Å². The second kappa shape index (κ2) is 9.16. The van der Waals surface area contributed by atoms with Crippen LogP contribution in [0.25, 0.3) is 0 Å². The largest absolute Gasteiger partial charge is 0.348 e. The Kier molecular flexibility index (Phi) is 6.18. The van der Waals surface area contributed by atoms with Crippen molar-refractivity contribution in [3.63, 3.8) is 0 Å². The van der Waals surface area contributed by atoms with Gasteiger partial charge in [-0.15, -0.1) is 0 Å². The minimum absolute atomic E-state index is 0.165. The molecule has 0 unspecified atom stereocenters. The van der Waals surface area contributed by atoms with Crippen molar-refractivity contribution < 1.29 is 14.8 Å². The molecule has 0 aliphatic carbocycles. The third kappa shape index (κ3) is 5.06. The normalized spacial score (nSPS) is 11.0. The molecule has 0 fully saturated rings. The Bertz CT molecular complexity index is 988. The highest BCUT2D eigenvalue weighted by molar-refractivity contribution is 5.97. The van der Waals surface area contributed by atoms with Crippen LogP contribution in [0.15, 0.2) is 67.1 Å². The number of imidazole rings is 1. The van der Waals surface area contributed by atoms with Gasteiger partial charge in [0.1, 0.15) is 6.04 Å². The third-order valence-electron chi connectivity index (χ3n) is 3.98. The molecule has 0 aliphatic heterocycles. The zero-order valence-corrected chi connectivity index (χ0v) is 14.8. The number of H-pyrrole nitrogens is 1. The van der Waals surface area contributed by atoms with Crippen LogP contribution in [0, 0.1) is 11.8 Å². The fraction of sp³-hybridized carbons (Fsp3) is 0.0952. The Morgan fingerprint density at radius 3 is 2.32 bits per heavy atom. The molecular weight excluding hydrogens is 356 g/mol. The molecule has 140 valence electrons. The van der Waals surface area contributed by atoms with Gasteiger partial charge in [0.2, 0.25) is 0 Å². The number of benzene rings is 2. The maximum atomic E-state index is 12.5.